The maximum Gasteiger partial charge on any atom is 0.228 e. The Labute approximate surface area is 90.3 Å². The number of hydrogen-bond donors (Lipinski definition) is 1. The Morgan fingerprint density at radius 1 is 1.57 bits per heavy atom. The van der Waals surface area contributed by atoms with E-state index in [0.717, 1.165) is 6.42 Å². The Balaban J connectivity index is 1.97. The number of hydrogen-bond acceptors (Lipinski definition) is 3. The van der Waals surface area contributed by atoms with Gasteiger partial charge in [-0.2, -0.15) is 0 Å². The summed E-state index contributed by atoms with van der Waals surface area (Å²) in [6.45, 7) is 2.07. The van der Waals surface area contributed by atoms with Crippen molar-refractivity contribution in [2.45, 2.75) is 13.3 Å². The fraction of sp³-hybridized carbons (Fsp3) is 0.444. The van der Waals surface area contributed by atoms with Crippen molar-refractivity contribution in [3.63, 3.8) is 0 Å². The van der Waals surface area contributed by atoms with Crippen LogP contribution in [0.15, 0.2) is 17.0 Å². The molecule has 0 bridgehead atoms. The second-order valence-electron chi connectivity index (χ2n) is 3.53. The van der Waals surface area contributed by atoms with Crippen molar-refractivity contribution in [1.82, 2.24) is 9.97 Å². The van der Waals surface area contributed by atoms with E-state index in [0.29, 0.717) is 16.3 Å². The lowest BCUT2D eigenvalue weighted by Crippen LogP contribution is -2.15. The van der Waals surface area contributed by atoms with Crippen molar-refractivity contribution >= 4 is 27.7 Å². The second kappa shape index (κ2) is 3.65. The zero-order valence-electron chi connectivity index (χ0n) is 7.70. The van der Waals surface area contributed by atoms with Crippen molar-refractivity contribution in [3.05, 3.63) is 17.0 Å². The van der Waals surface area contributed by atoms with Crippen LogP contribution in [0.1, 0.15) is 13.3 Å². The summed E-state index contributed by atoms with van der Waals surface area (Å²) in [6, 6.07) is 0. The molecule has 0 aliphatic heterocycles. The highest BCUT2D eigenvalue weighted by molar-refractivity contribution is 9.10. The molecule has 0 unspecified atom stereocenters. The van der Waals surface area contributed by atoms with Crippen LogP contribution in [-0.4, -0.2) is 15.9 Å². The first-order chi connectivity index (χ1) is 6.66. The average Bonchev–Trinajstić information content (AvgIpc) is 2.87. The van der Waals surface area contributed by atoms with Gasteiger partial charge in [-0.1, -0.05) is 6.92 Å². The Kier molecular flexibility index (Phi) is 2.50. The normalized spacial score (nSPS) is 24.4. The fourth-order valence-corrected chi connectivity index (χ4v) is 1.49. The number of anilines is 1. The Morgan fingerprint density at radius 3 is 2.79 bits per heavy atom. The summed E-state index contributed by atoms with van der Waals surface area (Å²) in [5.74, 6) is 1.24. The highest BCUT2D eigenvalue weighted by Gasteiger charge is 2.39. The van der Waals surface area contributed by atoms with Gasteiger partial charge in [0.25, 0.3) is 0 Å². The number of aromatic nitrogens is 2. The van der Waals surface area contributed by atoms with Crippen LogP contribution < -0.4 is 5.32 Å². The average molecular weight is 256 g/mol. The first-order valence-corrected chi connectivity index (χ1v) is 5.24. The zero-order chi connectivity index (χ0) is 10.1. The van der Waals surface area contributed by atoms with Gasteiger partial charge in [0.05, 0.1) is 12.4 Å². The van der Waals surface area contributed by atoms with Crippen LogP contribution in [-0.2, 0) is 4.79 Å². The molecule has 2 atom stereocenters. The number of nitrogens with zero attached hydrogens (tertiary/aromatic N) is 2. The van der Waals surface area contributed by atoms with E-state index in [1.807, 2.05) is 0 Å². The van der Waals surface area contributed by atoms with Crippen LogP contribution >= 0.6 is 15.9 Å². The lowest BCUT2D eigenvalue weighted by Gasteiger charge is -2.01. The molecule has 1 fully saturated rings. The summed E-state index contributed by atoms with van der Waals surface area (Å²) in [6.07, 6.45) is 4.08. The molecule has 1 aliphatic rings. The molecule has 0 saturated heterocycles. The van der Waals surface area contributed by atoms with Crippen molar-refractivity contribution < 1.29 is 4.79 Å². The first kappa shape index (κ1) is 9.58. The van der Waals surface area contributed by atoms with E-state index in [9.17, 15) is 4.79 Å². The molecule has 4 nitrogen and oxygen atoms in total. The van der Waals surface area contributed by atoms with E-state index in [4.69, 9.17) is 0 Å². The molecule has 5 heteroatoms. The fourth-order valence-electron chi connectivity index (χ4n) is 1.28. The monoisotopic (exact) mass is 255 g/mol. The number of carbonyl (C=O) groups is 1. The van der Waals surface area contributed by atoms with Gasteiger partial charge in [0, 0.05) is 5.92 Å². The molecule has 1 saturated carbocycles. The third-order valence-electron chi connectivity index (χ3n) is 2.32. The summed E-state index contributed by atoms with van der Waals surface area (Å²) in [4.78, 5) is 19.5. The van der Waals surface area contributed by atoms with Gasteiger partial charge in [-0.15, -0.1) is 0 Å². The van der Waals surface area contributed by atoms with Crippen molar-refractivity contribution in [2.24, 2.45) is 11.8 Å². The highest BCUT2D eigenvalue weighted by Crippen LogP contribution is 2.38. The van der Waals surface area contributed by atoms with Crippen LogP contribution in [0.4, 0.5) is 5.82 Å². The number of carbonyl (C=O) groups excluding carboxylic acids is 1. The Hall–Kier alpha value is -0.970. The largest absolute Gasteiger partial charge is 0.309 e. The molecule has 1 amide bonds. The minimum Gasteiger partial charge on any atom is -0.309 e. The molecule has 1 aromatic heterocycles. The van der Waals surface area contributed by atoms with E-state index in [2.05, 4.69) is 38.1 Å². The smallest absolute Gasteiger partial charge is 0.228 e. The first-order valence-electron chi connectivity index (χ1n) is 4.45. The van der Waals surface area contributed by atoms with Crippen LogP contribution in [0.5, 0.6) is 0 Å². The van der Waals surface area contributed by atoms with Crippen LogP contribution in [0.25, 0.3) is 0 Å². The van der Waals surface area contributed by atoms with E-state index < -0.39 is 0 Å². The van der Waals surface area contributed by atoms with Crippen molar-refractivity contribution in [3.8, 4) is 0 Å². The standard InChI is InChI=1S/C9H10BrN3O/c1-5-2-6(5)9(14)13-8-4-11-7(10)3-12-8/h3-6H,2H2,1H3,(H,12,13,14)/t5-,6-/m1/s1. The lowest BCUT2D eigenvalue weighted by molar-refractivity contribution is -0.117. The van der Waals surface area contributed by atoms with Crippen molar-refractivity contribution in [2.75, 3.05) is 5.32 Å². The Morgan fingerprint density at radius 2 is 2.29 bits per heavy atom. The number of halogens is 1. The summed E-state index contributed by atoms with van der Waals surface area (Å²) in [7, 11) is 0. The summed E-state index contributed by atoms with van der Waals surface area (Å²) in [5, 5.41) is 2.73. The van der Waals surface area contributed by atoms with Gasteiger partial charge in [-0.25, -0.2) is 9.97 Å². The van der Waals surface area contributed by atoms with Gasteiger partial charge in [0.15, 0.2) is 5.82 Å². The van der Waals surface area contributed by atoms with E-state index in [-0.39, 0.29) is 11.8 Å². The van der Waals surface area contributed by atoms with E-state index >= 15 is 0 Å². The maximum atomic E-state index is 11.5. The van der Waals surface area contributed by atoms with E-state index in [1.165, 1.54) is 6.20 Å². The third kappa shape index (κ3) is 2.09. The number of rotatable bonds is 2. The number of nitrogens with one attached hydrogen (secondary N) is 1. The lowest BCUT2D eigenvalue weighted by atomic mass is 10.3. The molecule has 0 aromatic carbocycles. The molecule has 1 N–H and O–H groups in total. The minimum atomic E-state index is 0.0501. The highest BCUT2D eigenvalue weighted by atomic mass is 79.9. The van der Waals surface area contributed by atoms with Crippen LogP contribution in [0.2, 0.25) is 0 Å². The summed E-state index contributed by atoms with van der Waals surface area (Å²) >= 11 is 3.18. The minimum absolute atomic E-state index is 0.0501. The predicted octanol–water partition coefficient (Wildman–Crippen LogP) is 1.83. The Bertz CT molecular complexity index is 352. The van der Waals surface area contributed by atoms with E-state index in [1.54, 1.807) is 6.20 Å². The molecule has 0 radical (unpaired) electrons. The third-order valence-corrected chi connectivity index (χ3v) is 2.73. The van der Waals surface area contributed by atoms with Crippen molar-refractivity contribution in [1.29, 1.82) is 0 Å². The summed E-state index contributed by atoms with van der Waals surface area (Å²) < 4.78 is 0.662. The van der Waals surface area contributed by atoms with Gasteiger partial charge >= 0.3 is 0 Å². The molecule has 14 heavy (non-hydrogen) atoms. The van der Waals surface area contributed by atoms with Gasteiger partial charge in [0.1, 0.15) is 4.60 Å². The van der Waals surface area contributed by atoms with Gasteiger partial charge < -0.3 is 5.32 Å². The molecule has 2 rings (SSSR count). The quantitative estimate of drug-likeness (QED) is 0.878. The number of amides is 1. The van der Waals surface area contributed by atoms with Gasteiger partial charge in [-0.05, 0) is 28.3 Å². The molecular formula is C9H10BrN3O. The van der Waals surface area contributed by atoms with Gasteiger partial charge in [0.2, 0.25) is 5.91 Å². The molecule has 1 aliphatic carbocycles. The molecule has 1 heterocycles. The van der Waals surface area contributed by atoms with Crippen LogP contribution in [0, 0.1) is 11.8 Å². The molecule has 0 spiro atoms. The predicted molar refractivity (Wildman–Crippen MR) is 55.6 cm³/mol. The maximum absolute atomic E-state index is 11.5. The molecular weight excluding hydrogens is 246 g/mol. The molecule has 1 aromatic rings. The topological polar surface area (TPSA) is 54.9 Å². The van der Waals surface area contributed by atoms with Crippen LogP contribution in [0.3, 0.4) is 0 Å². The second-order valence-corrected chi connectivity index (χ2v) is 4.35. The zero-order valence-corrected chi connectivity index (χ0v) is 9.28. The molecule has 74 valence electrons. The summed E-state index contributed by atoms with van der Waals surface area (Å²) in [5.41, 5.74) is 0. The van der Waals surface area contributed by atoms with Gasteiger partial charge in [-0.3, -0.25) is 4.79 Å². The SMILES string of the molecule is C[C@@H]1C[C@H]1C(=O)Nc1cnc(Br)cn1.